The number of aromatic carboxylic acids is 1. The van der Waals surface area contributed by atoms with Crippen molar-refractivity contribution in [2.75, 3.05) is 25.0 Å². The predicted octanol–water partition coefficient (Wildman–Crippen LogP) is 1.91. The maximum absolute atomic E-state index is 11.9. The minimum absolute atomic E-state index is 0.0644. The lowest BCUT2D eigenvalue weighted by molar-refractivity contribution is 0.0697. The molecule has 3 N–H and O–H groups in total. The van der Waals surface area contributed by atoms with Gasteiger partial charge < -0.3 is 15.2 Å². The van der Waals surface area contributed by atoms with Crippen LogP contribution >= 0.6 is 0 Å². The minimum Gasteiger partial charge on any atom is -0.478 e. The molecule has 0 amide bonds. The molecule has 130 valence electrons. The Bertz CT molecular complexity index is 629. The molecule has 23 heavy (non-hydrogen) atoms. The van der Waals surface area contributed by atoms with E-state index >= 15 is 0 Å². The Balaban J connectivity index is 2.83. The Kier molecular flexibility index (Phi) is 7.47. The van der Waals surface area contributed by atoms with Crippen LogP contribution in [-0.2, 0) is 14.8 Å². The molecule has 0 heterocycles. The summed E-state index contributed by atoms with van der Waals surface area (Å²) < 4.78 is 31.6. The van der Waals surface area contributed by atoms with E-state index in [1.165, 1.54) is 12.1 Å². The van der Waals surface area contributed by atoms with Gasteiger partial charge in [0.2, 0.25) is 10.0 Å². The molecule has 0 radical (unpaired) electrons. The van der Waals surface area contributed by atoms with Gasteiger partial charge >= 0.3 is 5.97 Å². The largest absolute Gasteiger partial charge is 0.478 e. The lowest BCUT2D eigenvalue weighted by Crippen LogP contribution is -2.23. The Hall–Kier alpha value is -1.64. The van der Waals surface area contributed by atoms with E-state index in [4.69, 9.17) is 4.74 Å². The van der Waals surface area contributed by atoms with Crippen molar-refractivity contribution in [1.82, 2.24) is 4.72 Å². The number of hydrogen-bond acceptors (Lipinski definition) is 5. The first-order valence-electron chi connectivity index (χ1n) is 7.50. The molecule has 0 aliphatic rings. The van der Waals surface area contributed by atoms with Gasteiger partial charge in [-0.15, -0.1) is 0 Å². The normalized spacial score (nSPS) is 11.7. The molecule has 7 nitrogen and oxygen atoms in total. The molecule has 1 aromatic carbocycles. The molecule has 0 atom stereocenters. The smallest absolute Gasteiger partial charge is 0.337 e. The maximum atomic E-state index is 11.9. The van der Waals surface area contributed by atoms with Crippen LogP contribution in [0.4, 0.5) is 5.69 Å². The second-order valence-electron chi connectivity index (χ2n) is 5.21. The molecule has 0 fully saturated rings. The Morgan fingerprint density at radius 2 is 2.04 bits per heavy atom. The van der Waals surface area contributed by atoms with Crippen LogP contribution < -0.4 is 10.0 Å². The quantitative estimate of drug-likeness (QED) is 0.560. The summed E-state index contributed by atoms with van der Waals surface area (Å²) in [5, 5.41) is 12.3. The fraction of sp³-hybridized carbons (Fsp3) is 0.533. The van der Waals surface area contributed by atoms with Crippen LogP contribution in [0.3, 0.4) is 0 Å². The van der Waals surface area contributed by atoms with E-state index in [9.17, 15) is 18.3 Å². The van der Waals surface area contributed by atoms with E-state index in [0.29, 0.717) is 25.3 Å². The van der Waals surface area contributed by atoms with Crippen LogP contribution in [-0.4, -0.2) is 45.3 Å². The van der Waals surface area contributed by atoms with Gasteiger partial charge in [0.25, 0.3) is 0 Å². The first-order valence-corrected chi connectivity index (χ1v) is 8.98. The van der Waals surface area contributed by atoms with Crippen molar-refractivity contribution in [1.29, 1.82) is 0 Å². The summed E-state index contributed by atoms with van der Waals surface area (Å²) in [5.74, 6) is -1.18. The van der Waals surface area contributed by atoms with Gasteiger partial charge in [-0.3, -0.25) is 0 Å². The number of carboxylic acid groups (broad SMARTS) is 1. The molecule has 0 bridgehead atoms. The minimum atomic E-state index is -3.68. The van der Waals surface area contributed by atoms with Gasteiger partial charge in [0.1, 0.15) is 0 Å². The SMILES string of the molecule is CCNS(=O)(=O)c1ccc(NCCCOC(C)C)c(C(=O)O)c1. The van der Waals surface area contributed by atoms with Crippen LogP contribution in [0, 0.1) is 0 Å². The number of ether oxygens (including phenoxy) is 1. The molecule has 1 rings (SSSR count). The Morgan fingerprint density at radius 3 is 2.61 bits per heavy atom. The summed E-state index contributed by atoms with van der Waals surface area (Å²) in [6.07, 6.45) is 0.870. The average molecular weight is 344 g/mol. The Labute approximate surface area is 137 Å². The number of sulfonamides is 1. The highest BCUT2D eigenvalue weighted by Crippen LogP contribution is 2.20. The van der Waals surface area contributed by atoms with E-state index in [-0.39, 0.29) is 23.1 Å². The molecule has 1 aromatic rings. The standard InChI is InChI=1S/C15H24N2O5S/c1-4-17-23(20,21)12-6-7-14(13(10-12)15(18)19)16-8-5-9-22-11(2)3/h6-7,10-11,16-17H,4-5,8-9H2,1-3H3,(H,18,19). The molecule has 8 heteroatoms. The number of rotatable bonds is 10. The summed E-state index contributed by atoms with van der Waals surface area (Å²) >= 11 is 0. The first-order chi connectivity index (χ1) is 10.8. The Morgan fingerprint density at radius 1 is 1.35 bits per heavy atom. The highest BCUT2D eigenvalue weighted by atomic mass is 32.2. The highest BCUT2D eigenvalue weighted by Gasteiger charge is 2.18. The third-order valence-corrected chi connectivity index (χ3v) is 4.50. The van der Waals surface area contributed by atoms with Crippen LogP contribution in [0.25, 0.3) is 0 Å². The zero-order chi connectivity index (χ0) is 17.5. The van der Waals surface area contributed by atoms with Crippen molar-refractivity contribution >= 4 is 21.7 Å². The molecular formula is C15H24N2O5S. The first kappa shape index (κ1) is 19.4. The van der Waals surface area contributed by atoms with Gasteiger partial charge in [-0.25, -0.2) is 17.9 Å². The zero-order valence-electron chi connectivity index (χ0n) is 13.6. The summed E-state index contributed by atoms with van der Waals surface area (Å²) in [5.41, 5.74) is 0.311. The molecule has 0 saturated carbocycles. The lowest BCUT2D eigenvalue weighted by Gasteiger charge is -2.12. The molecule has 0 spiro atoms. The summed E-state index contributed by atoms with van der Waals surface area (Å²) in [7, 11) is -3.68. The summed E-state index contributed by atoms with van der Waals surface area (Å²) in [6.45, 7) is 6.89. The van der Waals surface area contributed by atoms with E-state index in [1.807, 2.05) is 13.8 Å². The number of hydrogen-bond donors (Lipinski definition) is 3. The number of anilines is 1. The zero-order valence-corrected chi connectivity index (χ0v) is 14.4. The maximum Gasteiger partial charge on any atom is 0.337 e. The number of carboxylic acids is 1. The monoisotopic (exact) mass is 344 g/mol. The van der Waals surface area contributed by atoms with E-state index in [1.54, 1.807) is 6.92 Å². The van der Waals surface area contributed by atoms with Crippen molar-refractivity contribution in [2.45, 2.75) is 38.2 Å². The topological polar surface area (TPSA) is 105 Å². The van der Waals surface area contributed by atoms with Gasteiger partial charge in [-0.1, -0.05) is 6.92 Å². The van der Waals surface area contributed by atoms with Gasteiger partial charge in [-0.05, 0) is 38.5 Å². The number of carbonyl (C=O) groups is 1. The summed E-state index contributed by atoms with van der Waals surface area (Å²) in [6, 6.07) is 4.02. The third kappa shape index (κ3) is 6.17. The van der Waals surface area contributed by atoms with Crippen molar-refractivity contribution in [3.05, 3.63) is 23.8 Å². The van der Waals surface area contributed by atoms with Gasteiger partial charge in [0.05, 0.1) is 16.6 Å². The van der Waals surface area contributed by atoms with Gasteiger partial charge in [-0.2, -0.15) is 0 Å². The number of benzene rings is 1. The molecule has 0 saturated heterocycles. The molecule has 0 aromatic heterocycles. The van der Waals surface area contributed by atoms with E-state index in [2.05, 4.69) is 10.0 Å². The van der Waals surface area contributed by atoms with Crippen molar-refractivity contribution in [3.63, 3.8) is 0 Å². The molecule has 0 unspecified atom stereocenters. The van der Waals surface area contributed by atoms with Crippen LogP contribution in [0.5, 0.6) is 0 Å². The third-order valence-electron chi connectivity index (χ3n) is 2.95. The average Bonchev–Trinajstić information content (AvgIpc) is 2.46. The predicted molar refractivity (Wildman–Crippen MR) is 88.5 cm³/mol. The van der Waals surface area contributed by atoms with Crippen molar-refractivity contribution in [2.24, 2.45) is 0 Å². The fourth-order valence-corrected chi connectivity index (χ4v) is 2.98. The van der Waals surface area contributed by atoms with Crippen LogP contribution in [0.2, 0.25) is 0 Å². The number of nitrogens with one attached hydrogen (secondary N) is 2. The molecular weight excluding hydrogens is 320 g/mol. The van der Waals surface area contributed by atoms with Crippen LogP contribution in [0.1, 0.15) is 37.6 Å². The fourth-order valence-electron chi connectivity index (χ4n) is 1.91. The molecule has 0 aliphatic carbocycles. The highest BCUT2D eigenvalue weighted by molar-refractivity contribution is 7.89. The van der Waals surface area contributed by atoms with Gasteiger partial charge in [0, 0.05) is 25.4 Å². The van der Waals surface area contributed by atoms with E-state index in [0.717, 1.165) is 6.07 Å². The second-order valence-corrected chi connectivity index (χ2v) is 6.98. The molecule has 0 aliphatic heterocycles. The van der Waals surface area contributed by atoms with Crippen molar-refractivity contribution in [3.8, 4) is 0 Å². The van der Waals surface area contributed by atoms with E-state index < -0.39 is 16.0 Å². The summed E-state index contributed by atoms with van der Waals surface area (Å²) in [4.78, 5) is 11.3. The van der Waals surface area contributed by atoms with Gasteiger partial charge in [0.15, 0.2) is 0 Å². The van der Waals surface area contributed by atoms with Crippen molar-refractivity contribution < 1.29 is 23.1 Å². The lowest BCUT2D eigenvalue weighted by atomic mass is 10.2. The second kappa shape index (κ2) is 8.85. The van der Waals surface area contributed by atoms with Crippen LogP contribution in [0.15, 0.2) is 23.1 Å².